The van der Waals surface area contributed by atoms with Crippen LogP contribution in [-0.2, 0) is 0 Å². The molecule has 0 spiro atoms. The molecule has 5 nitrogen and oxygen atoms in total. The number of aliphatic hydroxyl groups excluding tert-OH is 4. The predicted molar refractivity (Wildman–Crippen MR) is 53.9 cm³/mol. The lowest BCUT2D eigenvalue weighted by Gasteiger charge is -2.27. The maximum Gasteiger partial charge on any atom is 0.111 e. The fourth-order valence-corrected chi connectivity index (χ4v) is 2.42. The van der Waals surface area contributed by atoms with Crippen LogP contribution in [-0.4, -0.2) is 62.5 Å². The van der Waals surface area contributed by atoms with Gasteiger partial charge in [-0.1, -0.05) is 0 Å². The molecule has 0 amide bonds. The van der Waals surface area contributed by atoms with Gasteiger partial charge in [-0.15, -0.1) is 11.8 Å². The Labute approximate surface area is 87.1 Å². The van der Waals surface area contributed by atoms with Gasteiger partial charge in [-0.3, -0.25) is 0 Å². The Balaban J connectivity index is 2.45. The first-order valence-corrected chi connectivity index (χ1v) is 5.66. The van der Waals surface area contributed by atoms with Crippen molar-refractivity contribution in [1.82, 2.24) is 5.32 Å². The third kappa shape index (κ3) is 2.82. The lowest BCUT2D eigenvalue weighted by atomic mass is 10.0. The van der Waals surface area contributed by atoms with Crippen LogP contribution >= 0.6 is 11.8 Å². The summed E-state index contributed by atoms with van der Waals surface area (Å²) in [6, 6.07) is 0. The number of nitrogens with one attached hydrogen (secondary N) is 1. The molecule has 0 saturated carbocycles. The molecule has 84 valence electrons. The first-order valence-electron chi connectivity index (χ1n) is 4.61. The Bertz CT molecular complexity index is 169. The summed E-state index contributed by atoms with van der Waals surface area (Å²) in [5, 5.41) is 40.2. The molecule has 14 heavy (non-hydrogen) atoms. The van der Waals surface area contributed by atoms with Crippen LogP contribution in [0.1, 0.15) is 6.92 Å². The van der Waals surface area contributed by atoms with Crippen LogP contribution < -0.4 is 5.32 Å². The van der Waals surface area contributed by atoms with Crippen molar-refractivity contribution in [2.45, 2.75) is 36.7 Å². The molecule has 1 rings (SSSR count). The molecule has 5 N–H and O–H groups in total. The highest BCUT2D eigenvalue weighted by atomic mass is 32.2. The van der Waals surface area contributed by atoms with E-state index in [1.165, 1.54) is 18.7 Å². The quantitative estimate of drug-likeness (QED) is 0.383. The molecule has 1 heterocycles. The van der Waals surface area contributed by atoms with Crippen molar-refractivity contribution in [1.29, 1.82) is 0 Å². The van der Waals surface area contributed by atoms with Gasteiger partial charge in [0.15, 0.2) is 0 Å². The van der Waals surface area contributed by atoms with Crippen molar-refractivity contribution < 1.29 is 20.4 Å². The molecule has 0 aliphatic carbocycles. The molecule has 1 saturated heterocycles. The largest absolute Gasteiger partial charge is 0.391 e. The molecule has 0 aromatic carbocycles. The van der Waals surface area contributed by atoms with Crippen molar-refractivity contribution in [3.05, 3.63) is 0 Å². The zero-order chi connectivity index (χ0) is 10.7. The average Bonchev–Trinajstić information content (AvgIpc) is 2.67. The van der Waals surface area contributed by atoms with Crippen molar-refractivity contribution in [2.24, 2.45) is 0 Å². The molecule has 0 bridgehead atoms. The molecule has 5 atom stereocenters. The van der Waals surface area contributed by atoms with E-state index in [4.69, 9.17) is 5.11 Å². The molecule has 6 heteroatoms. The third-order valence-electron chi connectivity index (χ3n) is 2.25. The highest BCUT2D eigenvalue weighted by molar-refractivity contribution is 8.00. The monoisotopic (exact) mass is 223 g/mol. The van der Waals surface area contributed by atoms with Gasteiger partial charge in [0.05, 0.1) is 11.5 Å². The zero-order valence-corrected chi connectivity index (χ0v) is 8.81. The number of hydrogen-bond acceptors (Lipinski definition) is 6. The number of thioether (sulfide) groups is 1. The van der Waals surface area contributed by atoms with Crippen LogP contribution in [0.2, 0.25) is 0 Å². The predicted octanol–water partition coefficient (Wildman–Crippen LogP) is -1.89. The highest BCUT2D eigenvalue weighted by Crippen LogP contribution is 2.20. The van der Waals surface area contributed by atoms with Gasteiger partial charge in [0, 0.05) is 12.3 Å². The minimum Gasteiger partial charge on any atom is -0.391 e. The van der Waals surface area contributed by atoms with E-state index in [1.54, 1.807) is 0 Å². The summed E-state index contributed by atoms with van der Waals surface area (Å²) >= 11 is 1.49. The van der Waals surface area contributed by atoms with Gasteiger partial charge < -0.3 is 25.7 Å². The maximum absolute atomic E-state index is 9.63. The Kier molecular flexibility index (Phi) is 4.62. The Morgan fingerprint density at radius 2 is 1.86 bits per heavy atom. The van der Waals surface area contributed by atoms with E-state index < -0.39 is 24.4 Å². The van der Waals surface area contributed by atoms with Crippen molar-refractivity contribution in [2.75, 3.05) is 12.3 Å². The van der Waals surface area contributed by atoms with Gasteiger partial charge >= 0.3 is 0 Å². The fraction of sp³-hybridized carbons (Fsp3) is 1.00. The van der Waals surface area contributed by atoms with E-state index in [-0.39, 0.29) is 5.37 Å². The van der Waals surface area contributed by atoms with Crippen molar-refractivity contribution in [3.8, 4) is 0 Å². The van der Waals surface area contributed by atoms with E-state index in [0.717, 1.165) is 12.3 Å². The standard InChI is InChI=1S/C8H17NO4S/c1-4(10)5(11)6(12)7(13)8-9-2-3-14-8/h4-13H,2-3H2,1H3/t4-,5-,6-,7+,8-/m0/s1. The van der Waals surface area contributed by atoms with Crippen LogP contribution in [0.15, 0.2) is 0 Å². The van der Waals surface area contributed by atoms with Crippen LogP contribution in [0.4, 0.5) is 0 Å². The maximum atomic E-state index is 9.63. The normalized spacial score (nSPS) is 31.1. The SMILES string of the molecule is C[C@H](O)[C@H](O)[C@H](O)[C@@H](O)[C@H]1NCCS1. The van der Waals surface area contributed by atoms with E-state index in [1.807, 2.05) is 0 Å². The molecular weight excluding hydrogens is 206 g/mol. The van der Waals surface area contributed by atoms with Gasteiger partial charge in [0.25, 0.3) is 0 Å². The topological polar surface area (TPSA) is 93.0 Å². The molecule has 0 aromatic heterocycles. The Morgan fingerprint density at radius 1 is 1.21 bits per heavy atom. The number of rotatable bonds is 4. The van der Waals surface area contributed by atoms with E-state index in [2.05, 4.69) is 5.32 Å². The summed E-state index contributed by atoms with van der Waals surface area (Å²) in [4.78, 5) is 0. The van der Waals surface area contributed by atoms with E-state index in [0.29, 0.717) is 0 Å². The first-order chi connectivity index (χ1) is 6.54. The third-order valence-corrected chi connectivity index (χ3v) is 3.49. The molecule has 0 aromatic rings. The zero-order valence-electron chi connectivity index (χ0n) is 8.00. The summed E-state index contributed by atoms with van der Waals surface area (Å²) in [6.45, 7) is 2.15. The molecule has 0 radical (unpaired) electrons. The summed E-state index contributed by atoms with van der Waals surface area (Å²) in [6.07, 6.45) is -4.75. The summed E-state index contributed by atoms with van der Waals surface area (Å²) < 4.78 is 0. The molecule has 0 unspecified atom stereocenters. The molecule has 1 aliphatic rings. The lowest BCUT2D eigenvalue weighted by Crippen LogP contribution is -2.50. The summed E-state index contributed by atoms with van der Waals surface area (Å²) in [5.41, 5.74) is 0. The molecule has 1 fully saturated rings. The second kappa shape index (κ2) is 5.29. The van der Waals surface area contributed by atoms with Crippen molar-refractivity contribution >= 4 is 11.8 Å². The Morgan fingerprint density at radius 3 is 2.29 bits per heavy atom. The minimum absolute atomic E-state index is 0.265. The van der Waals surface area contributed by atoms with Gasteiger partial charge in [-0.2, -0.15) is 0 Å². The molecular formula is C8H17NO4S. The van der Waals surface area contributed by atoms with Crippen LogP contribution in [0.25, 0.3) is 0 Å². The second-order valence-electron chi connectivity index (χ2n) is 3.46. The van der Waals surface area contributed by atoms with Crippen molar-refractivity contribution in [3.63, 3.8) is 0 Å². The fourth-order valence-electron chi connectivity index (χ4n) is 1.33. The van der Waals surface area contributed by atoms with Gasteiger partial charge in [0.2, 0.25) is 0 Å². The minimum atomic E-state index is -1.32. The van der Waals surface area contributed by atoms with Crippen LogP contribution in [0.5, 0.6) is 0 Å². The van der Waals surface area contributed by atoms with E-state index >= 15 is 0 Å². The van der Waals surface area contributed by atoms with Gasteiger partial charge in [0.1, 0.15) is 18.3 Å². The van der Waals surface area contributed by atoms with Crippen LogP contribution in [0, 0.1) is 0 Å². The highest BCUT2D eigenvalue weighted by Gasteiger charge is 2.34. The molecule has 1 aliphatic heterocycles. The number of hydrogen-bond donors (Lipinski definition) is 5. The summed E-state index contributed by atoms with van der Waals surface area (Å²) in [7, 11) is 0. The summed E-state index contributed by atoms with van der Waals surface area (Å²) in [5.74, 6) is 0.874. The lowest BCUT2D eigenvalue weighted by molar-refractivity contribution is -0.101. The average molecular weight is 223 g/mol. The van der Waals surface area contributed by atoms with Gasteiger partial charge in [-0.05, 0) is 6.92 Å². The smallest absolute Gasteiger partial charge is 0.111 e. The second-order valence-corrected chi connectivity index (χ2v) is 4.71. The van der Waals surface area contributed by atoms with E-state index in [9.17, 15) is 15.3 Å². The Hall–Kier alpha value is 0.150. The first kappa shape index (κ1) is 12.2. The van der Waals surface area contributed by atoms with Gasteiger partial charge in [-0.25, -0.2) is 0 Å². The number of aliphatic hydroxyl groups is 4. The van der Waals surface area contributed by atoms with Crippen LogP contribution in [0.3, 0.4) is 0 Å².